The average molecular weight is 439 g/mol. The Morgan fingerprint density at radius 1 is 1.18 bits per heavy atom. The monoisotopic (exact) mass is 439 g/mol. The molecule has 0 atom stereocenters. The van der Waals surface area contributed by atoms with E-state index in [-0.39, 0.29) is 0 Å². The molecule has 1 N–H and O–H groups in total. The van der Waals surface area contributed by atoms with Crippen LogP contribution in [0.2, 0.25) is 0 Å². The van der Waals surface area contributed by atoms with E-state index >= 15 is 0 Å². The topological polar surface area (TPSA) is 27.6 Å². The largest absolute Gasteiger partial charge is 0.332 e. The molecule has 0 spiro atoms. The average Bonchev–Trinajstić information content (AvgIpc) is 2.96. The Morgan fingerprint density at radius 3 is 2.77 bits per heavy atom. The molecule has 22 heavy (non-hydrogen) atoms. The number of amidine groups is 1. The molecule has 0 amide bonds. The summed E-state index contributed by atoms with van der Waals surface area (Å²) >= 11 is 9.58. The Balaban J connectivity index is 1.75. The van der Waals surface area contributed by atoms with E-state index < -0.39 is 0 Å². The van der Waals surface area contributed by atoms with Crippen LogP contribution in [0.1, 0.15) is 0 Å². The van der Waals surface area contributed by atoms with Crippen LogP contribution >= 0.6 is 46.6 Å². The van der Waals surface area contributed by atoms with E-state index in [1.54, 1.807) is 11.8 Å². The molecular formula is C16H14IN3S2. The quantitative estimate of drug-likeness (QED) is 0.541. The number of benzene rings is 2. The number of nitrogens with zero attached hydrogens (tertiary/aromatic N) is 2. The summed E-state index contributed by atoms with van der Waals surface area (Å²) in [6, 6.07) is 18.1. The number of nitrogens with one attached hydrogen (secondary N) is 1. The maximum absolute atomic E-state index is 5.55. The Hall–Kier alpha value is -1.12. The van der Waals surface area contributed by atoms with Crippen LogP contribution in [0.25, 0.3) is 0 Å². The number of anilines is 1. The highest BCUT2D eigenvalue weighted by atomic mass is 127. The number of thiocarbonyl (C=S) groups is 1. The van der Waals surface area contributed by atoms with E-state index in [2.05, 4.69) is 44.9 Å². The Labute approximate surface area is 153 Å². The molecule has 1 saturated heterocycles. The molecule has 1 aliphatic rings. The predicted octanol–water partition coefficient (Wildman–Crippen LogP) is 4.72. The number of aliphatic imine (C=N–C) groups is 1. The van der Waals surface area contributed by atoms with Crippen LogP contribution in [0, 0.1) is 3.57 Å². The second-order valence-electron chi connectivity index (χ2n) is 4.67. The summed E-state index contributed by atoms with van der Waals surface area (Å²) in [5.74, 6) is 1.000. The van der Waals surface area contributed by atoms with E-state index in [1.807, 2.05) is 42.5 Å². The van der Waals surface area contributed by atoms with Gasteiger partial charge in [0.1, 0.15) is 0 Å². The standard InChI is InChI=1S/C16H14IN3S2/c17-12-5-4-8-14(11-12)18-15(21)20-9-10-22-16(20)19-13-6-2-1-3-7-13/h1-8,11H,9-10H2,(H,18,21). The van der Waals surface area contributed by atoms with Crippen molar-refractivity contribution in [2.75, 3.05) is 17.6 Å². The van der Waals surface area contributed by atoms with Gasteiger partial charge in [0, 0.05) is 21.6 Å². The van der Waals surface area contributed by atoms with E-state index in [9.17, 15) is 0 Å². The number of thioether (sulfide) groups is 1. The highest BCUT2D eigenvalue weighted by molar-refractivity contribution is 14.1. The van der Waals surface area contributed by atoms with Crippen molar-refractivity contribution in [2.45, 2.75) is 0 Å². The highest BCUT2D eigenvalue weighted by Crippen LogP contribution is 2.23. The molecule has 0 saturated carbocycles. The first kappa shape index (κ1) is 15.8. The molecule has 0 bridgehead atoms. The summed E-state index contributed by atoms with van der Waals surface area (Å²) < 4.78 is 1.18. The molecule has 6 heteroatoms. The van der Waals surface area contributed by atoms with Gasteiger partial charge in [-0.1, -0.05) is 36.0 Å². The lowest BCUT2D eigenvalue weighted by atomic mass is 10.3. The zero-order valence-electron chi connectivity index (χ0n) is 11.7. The number of para-hydroxylation sites is 1. The second-order valence-corrected chi connectivity index (χ2v) is 7.36. The molecule has 3 rings (SSSR count). The second kappa shape index (κ2) is 7.43. The Morgan fingerprint density at radius 2 is 2.00 bits per heavy atom. The lowest BCUT2D eigenvalue weighted by molar-refractivity contribution is 0.687. The van der Waals surface area contributed by atoms with E-state index in [0.29, 0.717) is 5.11 Å². The molecule has 0 aromatic heterocycles. The fourth-order valence-corrected chi connectivity index (χ4v) is 3.91. The van der Waals surface area contributed by atoms with Crippen molar-refractivity contribution >= 4 is 68.2 Å². The van der Waals surface area contributed by atoms with Crippen molar-refractivity contribution in [3.8, 4) is 0 Å². The van der Waals surface area contributed by atoms with Gasteiger partial charge in [0.05, 0.1) is 5.69 Å². The van der Waals surface area contributed by atoms with Gasteiger partial charge >= 0.3 is 0 Å². The van der Waals surface area contributed by atoms with Crippen molar-refractivity contribution in [1.29, 1.82) is 0 Å². The van der Waals surface area contributed by atoms with Gasteiger partial charge in [-0.05, 0) is 65.1 Å². The van der Waals surface area contributed by atoms with Gasteiger partial charge < -0.3 is 5.32 Å². The van der Waals surface area contributed by atoms with Crippen LogP contribution in [-0.4, -0.2) is 27.5 Å². The van der Waals surface area contributed by atoms with Crippen LogP contribution in [0.5, 0.6) is 0 Å². The third-order valence-corrected chi connectivity index (χ3v) is 5.03. The first-order chi connectivity index (χ1) is 10.7. The molecule has 0 radical (unpaired) electrons. The van der Waals surface area contributed by atoms with Gasteiger partial charge in [0.2, 0.25) is 0 Å². The predicted molar refractivity (Wildman–Crippen MR) is 108 cm³/mol. The third kappa shape index (κ3) is 3.99. The molecular weight excluding hydrogens is 425 g/mol. The fraction of sp³-hybridized carbons (Fsp3) is 0.125. The molecule has 2 aromatic carbocycles. The van der Waals surface area contributed by atoms with Gasteiger partial charge in [-0.15, -0.1) is 0 Å². The molecule has 0 aliphatic carbocycles. The van der Waals surface area contributed by atoms with Crippen LogP contribution in [0.4, 0.5) is 11.4 Å². The van der Waals surface area contributed by atoms with E-state index in [0.717, 1.165) is 28.8 Å². The normalized spacial score (nSPS) is 16.0. The van der Waals surface area contributed by atoms with Crippen molar-refractivity contribution in [1.82, 2.24) is 4.90 Å². The minimum atomic E-state index is 0.696. The zero-order valence-corrected chi connectivity index (χ0v) is 15.5. The maximum atomic E-state index is 5.55. The smallest absolute Gasteiger partial charge is 0.179 e. The van der Waals surface area contributed by atoms with Crippen LogP contribution in [-0.2, 0) is 0 Å². The molecule has 0 unspecified atom stereocenters. The van der Waals surface area contributed by atoms with Crippen molar-refractivity contribution in [2.24, 2.45) is 4.99 Å². The summed E-state index contributed by atoms with van der Waals surface area (Å²) in [5.41, 5.74) is 1.96. The molecule has 3 nitrogen and oxygen atoms in total. The van der Waals surface area contributed by atoms with Gasteiger partial charge in [-0.2, -0.15) is 0 Å². The van der Waals surface area contributed by atoms with Crippen LogP contribution in [0.15, 0.2) is 59.6 Å². The summed E-state index contributed by atoms with van der Waals surface area (Å²) in [6.45, 7) is 0.881. The SMILES string of the molecule is S=C(Nc1cccc(I)c1)N1CCSC1=Nc1ccccc1. The van der Waals surface area contributed by atoms with Crippen molar-refractivity contribution in [3.63, 3.8) is 0 Å². The molecule has 1 aliphatic heterocycles. The van der Waals surface area contributed by atoms with Crippen molar-refractivity contribution < 1.29 is 0 Å². The first-order valence-electron chi connectivity index (χ1n) is 6.83. The number of hydrogen-bond donors (Lipinski definition) is 1. The van der Waals surface area contributed by atoms with Gasteiger partial charge in [-0.3, -0.25) is 4.90 Å². The minimum absolute atomic E-state index is 0.696. The van der Waals surface area contributed by atoms with E-state index in [4.69, 9.17) is 17.2 Å². The molecule has 112 valence electrons. The summed E-state index contributed by atoms with van der Waals surface area (Å²) in [6.07, 6.45) is 0. The minimum Gasteiger partial charge on any atom is -0.332 e. The maximum Gasteiger partial charge on any atom is 0.179 e. The third-order valence-electron chi connectivity index (χ3n) is 3.08. The van der Waals surface area contributed by atoms with E-state index in [1.165, 1.54) is 3.57 Å². The zero-order chi connectivity index (χ0) is 15.4. The molecule has 1 fully saturated rings. The summed E-state index contributed by atoms with van der Waals surface area (Å²) in [4.78, 5) is 6.76. The molecule has 1 heterocycles. The van der Waals surface area contributed by atoms with Gasteiger partial charge in [-0.25, -0.2) is 4.99 Å². The number of halogens is 1. The first-order valence-corrected chi connectivity index (χ1v) is 9.30. The fourth-order valence-electron chi connectivity index (χ4n) is 2.05. The lowest BCUT2D eigenvalue weighted by Gasteiger charge is -2.20. The highest BCUT2D eigenvalue weighted by Gasteiger charge is 2.23. The van der Waals surface area contributed by atoms with Gasteiger partial charge in [0.15, 0.2) is 10.3 Å². The van der Waals surface area contributed by atoms with Crippen LogP contribution in [0.3, 0.4) is 0 Å². The summed E-state index contributed by atoms with van der Waals surface area (Å²) in [7, 11) is 0. The number of rotatable bonds is 2. The lowest BCUT2D eigenvalue weighted by Crippen LogP contribution is -2.35. The Bertz CT molecular complexity index is 704. The van der Waals surface area contributed by atoms with Crippen molar-refractivity contribution in [3.05, 3.63) is 58.2 Å². The molecule has 2 aromatic rings. The number of hydrogen-bond acceptors (Lipinski definition) is 3. The Kier molecular flexibility index (Phi) is 5.32. The van der Waals surface area contributed by atoms with Gasteiger partial charge in [0.25, 0.3) is 0 Å². The van der Waals surface area contributed by atoms with Crippen LogP contribution < -0.4 is 5.32 Å². The summed E-state index contributed by atoms with van der Waals surface area (Å²) in [5, 5.41) is 4.95.